The maximum atomic E-state index is 4.81. The Morgan fingerprint density at radius 3 is 1.78 bits per heavy atom. The minimum absolute atomic E-state index is 0. The van der Waals surface area contributed by atoms with E-state index in [4.69, 9.17) is 12.2 Å². The fourth-order valence-corrected chi connectivity index (χ4v) is 1.04. The van der Waals surface area contributed by atoms with Crippen molar-refractivity contribution in [2.75, 3.05) is 13.1 Å². The molecular weight excluding hydrogens is 347 g/mol. The molecule has 1 nitrogen and oxygen atoms in total. The predicted molar refractivity (Wildman–Crippen MR) is 54.4 cm³/mol. The standard InChI is InChI=1S/C5H11NS2.Bi.3H/c1-3-6(4-2)5(7)8;;;;/h3-4H2,1-2H3,(H,7,8);;;;. The van der Waals surface area contributed by atoms with Crippen LogP contribution in [-0.4, -0.2) is 48.5 Å². The van der Waals surface area contributed by atoms with Crippen LogP contribution in [0.4, 0.5) is 0 Å². The van der Waals surface area contributed by atoms with Crippen molar-refractivity contribution in [1.82, 2.24) is 4.90 Å². The van der Waals surface area contributed by atoms with E-state index in [9.17, 15) is 0 Å². The van der Waals surface area contributed by atoms with Crippen molar-refractivity contribution >= 4 is 55.4 Å². The van der Waals surface area contributed by atoms with Crippen LogP contribution in [0.15, 0.2) is 0 Å². The Balaban J connectivity index is 0. The summed E-state index contributed by atoms with van der Waals surface area (Å²) in [4.78, 5) is 2.01. The molecule has 0 bridgehead atoms. The third-order valence-corrected chi connectivity index (χ3v) is 1.58. The van der Waals surface area contributed by atoms with Gasteiger partial charge in [-0.1, -0.05) is 12.2 Å². The second-order valence-electron chi connectivity index (χ2n) is 1.45. The Kier molecular flexibility index (Phi) is 10.3. The molecule has 0 aromatic carbocycles. The van der Waals surface area contributed by atoms with Gasteiger partial charge in [0.25, 0.3) is 0 Å². The molecule has 0 aromatic rings. The van der Waals surface area contributed by atoms with Gasteiger partial charge in [-0.15, -0.1) is 12.6 Å². The number of nitrogens with zero attached hydrogens (tertiary/aromatic N) is 1. The Bertz CT molecular complexity index is 83.0. The fraction of sp³-hybridized carbons (Fsp3) is 0.800. The molecule has 9 heavy (non-hydrogen) atoms. The Hall–Kier alpha value is 1.12. The van der Waals surface area contributed by atoms with E-state index in [2.05, 4.69) is 26.5 Å². The Labute approximate surface area is 86.7 Å². The summed E-state index contributed by atoms with van der Waals surface area (Å²) in [7, 11) is 0. The van der Waals surface area contributed by atoms with Gasteiger partial charge in [0.1, 0.15) is 4.32 Å². The average Bonchev–Trinajstić information content (AvgIpc) is 1.69. The first-order valence-corrected chi connectivity index (χ1v) is 3.55. The molecule has 0 unspecified atom stereocenters. The molecule has 0 saturated heterocycles. The van der Waals surface area contributed by atoms with Gasteiger partial charge in [-0.2, -0.15) is 0 Å². The summed E-state index contributed by atoms with van der Waals surface area (Å²) < 4.78 is 0.690. The quantitative estimate of drug-likeness (QED) is 0.430. The fourth-order valence-electron chi connectivity index (χ4n) is 0.494. The van der Waals surface area contributed by atoms with Gasteiger partial charge in [0, 0.05) is 13.1 Å². The molecule has 0 aliphatic heterocycles. The number of thiocarbonyl (C=S) groups is 1. The predicted octanol–water partition coefficient (Wildman–Crippen LogP) is 0.359. The maximum absolute atomic E-state index is 4.81. The summed E-state index contributed by atoms with van der Waals surface area (Å²) in [6, 6.07) is 0. The van der Waals surface area contributed by atoms with E-state index < -0.39 is 0 Å². The van der Waals surface area contributed by atoms with E-state index in [1.165, 1.54) is 0 Å². The van der Waals surface area contributed by atoms with Crippen molar-refractivity contribution in [2.24, 2.45) is 0 Å². The third kappa shape index (κ3) is 5.56. The molecule has 0 N–H and O–H groups in total. The van der Waals surface area contributed by atoms with Crippen LogP contribution < -0.4 is 0 Å². The molecule has 0 aliphatic rings. The molecule has 0 fully saturated rings. The molecular formula is C5H14BiNS2. The molecule has 0 rings (SSSR count). The number of rotatable bonds is 2. The minimum atomic E-state index is 0. The van der Waals surface area contributed by atoms with Gasteiger partial charge in [-0.25, -0.2) is 0 Å². The monoisotopic (exact) mass is 361 g/mol. The third-order valence-electron chi connectivity index (χ3n) is 1.03. The van der Waals surface area contributed by atoms with Crippen LogP contribution in [0, 0.1) is 0 Å². The van der Waals surface area contributed by atoms with Crippen LogP contribution in [0.2, 0.25) is 0 Å². The van der Waals surface area contributed by atoms with E-state index in [1.807, 2.05) is 4.90 Å². The van der Waals surface area contributed by atoms with Crippen LogP contribution in [-0.2, 0) is 0 Å². The van der Waals surface area contributed by atoms with Crippen molar-refractivity contribution in [3.05, 3.63) is 0 Å². The van der Waals surface area contributed by atoms with E-state index in [1.54, 1.807) is 0 Å². The summed E-state index contributed by atoms with van der Waals surface area (Å²) in [6.45, 7) is 6.04. The molecule has 0 aromatic heterocycles. The van der Waals surface area contributed by atoms with Crippen molar-refractivity contribution in [3.8, 4) is 0 Å². The molecule has 0 amide bonds. The second kappa shape index (κ2) is 7.23. The normalized spacial score (nSPS) is 7.89. The SMILES string of the molecule is CCN(CC)C(=S)S.[BiH3]. The first kappa shape index (κ1) is 12.8. The van der Waals surface area contributed by atoms with Crippen LogP contribution in [0.25, 0.3) is 0 Å². The van der Waals surface area contributed by atoms with E-state index in [0.29, 0.717) is 4.32 Å². The summed E-state index contributed by atoms with van der Waals surface area (Å²) in [6.07, 6.45) is 0. The molecule has 0 spiro atoms. The van der Waals surface area contributed by atoms with Crippen molar-refractivity contribution < 1.29 is 0 Å². The van der Waals surface area contributed by atoms with E-state index in [-0.39, 0.29) is 26.2 Å². The Morgan fingerprint density at radius 1 is 1.44 bits per heavy atom. The van der Waals surface area contributed by atoms with E-state index in [0.717, 1.165) is 13.1 Å². The van der Waals surface area contributed by atoms with Gasteiger partial charge in [0.2, 0.25) is 0 Å². The van der Waals surface area contributed by atoms with Gasteiger partial charge in [0.05, 0.1) is 0 Å². The van der Waals surface area contributed by atoms with Crippen molar-refractivity contribution in [1.29, 1.82) is 0 Å². The van der Waals surface area contributed by atoms with E-state index >= 15 is 0 Å². The molecule has 56 valence electrons. The number of thiol groups is 1. The zero-order chi connectivity index (χ0) is 6.57. The summed E-state index contributed by atoms with van der Waals surface area (Å²) >= 11 is 8.82. The summed E-state index contributed by atoms with van der Waals surface area (Å²) in [5, 5.41) is 0. The van der Waals surface area contributed by atoms with Gasteiger partial charge in [-0.3, -0.25) is 0 Å². The molecule has 0 radical (unpaired) electrons. The topological polar surface area (TPSA) is 3.24 Å². The van der Waals surface area contributed by atoms with Gasteiger partial charge in [-0.05, 0) is 13.8 Å². The zero-order valence-electron chi connectivity index (χ0n) is 5.92. The van der Waals surface area contributed by atoms with Gasteiger partial charge >= 0.3 is 26.2 Å². The zero-order valence-corrected chi connectivity index (χ0v) is 13.1. The van der Waals surface area contributed by atoms with Crippen LogP contribution in [0.5, 0.6) is 0 Å². The van der Waals surface area contributed by atoms with Crippen LogP contribution >= 0.6 is 24.8 Å². The van der Waals surface area contributed by atoms with Crippen molar-refractivity contribution in [2.45, 2.75) is 13.8 Å². The Morgan fingerprint density at radius 2 is 1.78 bits per heavy atom. The van der Waals surface area contributed by atoms with Gasteiger partial charge < -0.3 is 4.90 Å². The average molecular weight is 361 g/mol. The second-order valence-corrected chi connectivity index (χ2v) is 2.57. The summed E-state index contributed by atoms with van der Waals surface area (Å²) in [5.41, 5.74) is 0. The van der Waals surface area contributed by atoms with Crippen LogP contribution in [0.3, 0.4) is 0 Å². The number of hydrogen-bond donors (Lipinski definition) is 1. The number of hydrogen-bond acceptors (Lipinski definition) is 1. The molecule has 0 heterocycles. The first-order valence-electron chi connectivity index (χ1n) is 2.70. The van der Waals surface area contributed by atoms with Crippen LogP contribution in [0.1, 0.15) is 13.8 Å². The molecule has 0 atom stereocenters. The summed E-state index contributed by atoms with van der Waals surface area (Å²) in [5.74, 6) is 0. The van der Waals surface area contributed by atoms with Crippen molar-refractivity contribution in [3.63, 3.8) is 0 Å². The molecule has 4 heteroatoms. The molecule has 0 saturated carbocycles. The molecule has 0 aliphatic carbocycles. The first-order chi connectivity index (χ1) is 3.72. The van der Waals surface area contributed by atoms with Gasteiger partial charge in [0.15, 0.2) is 0 Å².